The van der Waals surface area contributed by atoms with Gasteiger partial charge in [0.05, 0.1) is 5.56 Å². The van der Waals surface area contributed by atoms with Gasteiger partial charge >= 0.3 is 12.0 Å². The number of aryl methyl sites for hydroxylation is 2. The van der Waals surface area contributed by atoms with E-state index >= 15 is 0 Å². The van der Waals surface area contributed by atoms with Crippen molar-refractivity contribution in [3.05, 3.63) is 59.2 Å². The van der Waals surface area contributed by atoms with E-state index in [-0.39, 0.29) is 11.6 Å². The van der Waals surface area contributed by atoms with Crippen LogP contribution in [0, 0.1) is 13.8 Å². The Morgan fingerprint density at radius 3 is 2.05 bits per heavy atom. The molecule has 2 aromatic carbocycles. The lowest BCUT2D eigenvalue weighted by atomic mass is 10.1. The molecule has 0 aliphatic carbocycles. The van der Waals surface area contributed by atoms with Gasteiger partial charge in [-0.1, -0.05) is 17.7 Å². The van der Waals surface area contributed by atoms with Gasteiger partial charge in [0.25, 0.3) is 0 Å². The third kappa shape index (κ3) is 3.82. The molecule has 2 rings (SSSR count). The summed E-state index contributed by atoms with van der Waals surface area (Å²) in [6, 6.07) is 11.7. The van der Waals surface area contributed by atoms with Crippen molar-refractivity contribution >= 4 is 23.4 Å². The van der Waals surface area contributed by atoms with Gasteiger partial charge in [0, 0.05) is 11.4 Å². The largest absolute Gasteiger partial charge is 0.478 e. The zero-order valence-corrected chi connectivity index (χ0v) is 11.8. The molecule has 21 heavy (non-hydrogen) atoms. The van der Waals surface area contributed by atoms with Crippen LogP contribution in [0.5, 0.6) is 0 Å². The molecular weight excluding hydrogens is 268 g/mol. The minimum atomic E-state index is -0.983. The third-order valence-electron chi connectivity index (χ3n) is 3.02. The zero-order chi connectivity index (χ0) is 15.4. The molecule has 108 valence electrons. The van der Waals surface area contributed by atoms with Crippen LogP contribution in [-0.2, 0) is 0 Å². The molecule has 0 spiro atoms. The van der Waals surface area contributed by atoms with E-state index in [4.69, 9.17) is 5.11 Å². The molecule has 0 atom stereocenters. The monoisotopic (exact) mass is 284 g/mol. The Labute approximate surface area is 122 Å². The Kier molecular flexibility index (Phi) is 4.23. The lowest BCUT2D eigenvalue weighted by Gasteiger charge is -2.09. The van der Waals surface area contributed by atoms with E-state index in [0.717, 1.165) is 5.56 Å². The molecule has 2 aromatic rings. The van der Waals surface area contributed by atoms with Crippen molar-refractivity contribution in [3.8, 4) is 0 Å². The smallest absolute Gasteiger partial charge is 0.335 e. The van der Waals surface area contributed by atoms with Crippen molar-refractivity contribution in [3.63, 3.8) is 0 Å². The third-order valence-corrected chi connectivity index (χ3v) is 3.02. The van der Waals surface area contributed by atoms with Gasteiger partial charge in [-0.3, -0.25) is 0 Å². The maximum atomic E-state index is 11.9. The highest BCUT2D eigenvalue weighted by Gasteiger charge is 2.08. The summed E-state index contributed by atoms with van der Waals surface area (Å²) in [5.41, 5.74) is 3.16. The van der Waals surface area contributed by atoms with Gasteiger partial charge in [-0.15, -0.1) is 0 Å². The molecule has 3 N–H and O–H groups in total. The zero-order valence-electron chi connectivity index (χ0n) is 11.8. The molecule has 5 nitrogen and oxygen atoms in total. The van der Waals surface area contributed by atoms with Gasteiger partial charge < -0.3 is 15.7 Å². The van der Waals surface area contributed by atoms with Crippen molar-refractivity contribution < 1.29 is 14.7 Å². The summed E-state index contributed by atoms with van der Waals surface area (Å²) in [6.45, 7) is 3.66. The molecule has 0 radical (unpaired) electrons. The van der Waals surface area contributed by atoms with Gasteiger partial charge in [0.1, 0.15) is 0 Å². The van der Waals surface area contributed by atoms with Crippen LogP contribution >= 0.6 is 0 Å². The average Bonchev–Trinajstić information content (AvgIpc) is 2.41. The maximum Gasteiger partial charge on any atom is 0.335 e. The maximum absolute atomic E-state index is 11.9. The number of carboxylic acids is 1. The number of urea groups is 1. The van der Waals surface area contributed by atoms with E-state index in [1.165, 1.54) is 6.07 Å². The number of benzene rings is 2. The first-order valence-electron chi connectivity index (χ1n) is 6.44. The predicted molar refractivity (Wildman–Crippen MR) is 82.0 cm³/mol. The first kappa shape index (κ1) is 14.6. The van der Waals surface area contributed by atoms with Crippen LogP contribution in [0.2, 0.25) is 0 Å². The van der Waals surface area contributed by atoms with Gasteiger partial charge in [-0.25, -0.2) is 9.59 Å². The number of nitrogens with one attached hydrogen (secondary N) is 2. The fourth-order valence-electron chi connectivity index (χ4n) is 1.91. The summed E-state index contributed by atoms with van der Waals surface area (Å²) in [5, 5.41) is 14.3. The van der Waals surface area contributed by atoms with Crippen LogP contribution in [0.1, 0.15) is 21.5 Å². The second-order valence-electron chi connectivity index (χ2n) is 4.78. The highest BCUT2D eigenvalue weighted by Crippen LogP contribution is 2.16. The lowest BCUT2D eigenvalue weighted by molar-refractivity contribution is 0.0696. The Balaban J connectivity index is 2.04. The molecule has 0 unspecified atom stereocenters. The van der Waals surface area contributed by atoms with E-state index in [1.54, 1.807) is 19.1 Å². The first-order valence-corrected chi connectivity index (χ1v) is 6.44. The Morgan fingerprint density at radius 2 is 1.48 bits per heavy atom. The number of anilines is 2. The normalized spacial score (nSPS) is 10.0. The number of amides is 2. The van der Waals surface area contributed by atoms with Crippen molar-refractivity contribution in [1.29, 1.82) is 0 Å². The van der Waals surface area contributed by atoms with Crippen molar-refractivity contribution in [2.45, 2.75) is 13.8 Å². The fourth-order valence-corrected chi connectivity index (χ4v) is 1.91. The van der Waals surface area contributed by atoms with Crippen molar-refractivity contribution in [2.24, 2.45) is 0 Å². The highest BCUT2D eigenvalue weighted by atomic mass is 16.4. The van der Waals surface area contributed by atoms with Crippen LogP contribution in [0.15, 0.2) is 42.5 Å². The standard InChI is InChI=1S/C16H16N2O3/c1-10-3-5-12(6-4-10)17-16(21)18-13-7-8-14(15(19)20)11(2)9-13/h3-9H,1-2H3,(H,19,20)(H2,17,18,21). The van der Waals surface area contributed by atoms with Crippen LogP contribution < -0.4 is 10.6 Å². The molecule has 0 aliphatic heterocycles. The van der Waals surface area contributed by atoms with E-state index in [9.17, 15) is 9.59 Å². The minimum absolute atomic E-state index is 0.222. The number of hydrogen-bond donors (Lipinski definition) is 3. The van der Waals surface area contributed by atoms with Crippen LogP contribution in [0.25, 0.3) is 0 Å². The average molecular weight is 284 g/mol. The predicted octanol–water partition coefficient (Wildman–Crippen LogP) is 3.65. The molecule has 0 heterocycles. The molecule has 0 fully saturated rings. The van der Waals surface area contributed by atoms with E-state index in [0.29, 0.717) is 16.9 Å². The van der Waals surface area contributed by atoms with Crippen molar-refractivity contribution in [1.82, 2.24) is 0 Å². The second kappa shape index (κ2) is 6.09. The van der Waals surface area contributed by atoms with Gasteiger partial charge in [-0.05, 0) is 49.7 Å². The fraction of sp³-hybridized carbons (Fsp3) is 0.125. The molecule has 0 aliphatic rings. The number of carbonyl (C=O) groups is 2. The Hall–Kier alpha value is -2.82. The highest BCUT2D eigenvalue weighted by molar-refractivity contribution is 6.00. The first-order chi connectivity index (χ1) is 9.95. The summed E-state index contributed by atoms with van der Waals surface area (Å²) < 4.78 is 0. The molecule has 0 saturated carbocycles. The van der Waals surface area contributed by atoms with E-state index in [1.807, 2.05) is 31.2 Å². The van der Waals surface area contributed by atoms with Gasteiger partial charge in [0.2, 0.25) is 0 Å². The number of carbonyl (C=O) groups excluding carboxylic acids is 1. The van der Waals surface area contributed by atoms with Crippen molar-refractivity contribution in [2.75, 3.05) is 10.6 Å². The van der Waals surface area contributed by atoms with Gasteiger partial charge in [-0.2, -0.15) is 0 Å². The molecule has 0 bridgehead atoms. The summed E-state index contributed by atoms with van der Waals surface area (Å²) in [4.78, 5) is 22.8. The lowest BCUT2D eigenvalue weighted by Crippen LogP contribution is -2.19. The number of hydrogen-bond acceptors (Lipinski definition) is 2. The number of rotatable bonds is 3. The van der Waals surface area contributed by atoms with Crippen LogP contribution in [0.4, 0.5) is 16.2 Å². The Morgan fingerprint density at radius 1 is 0.905 bits per heavy atom. The minimum Gasteiger partial charge on any atom is -0.478 e. The number of aromatic carboxylic acids is 1. The summed E-state index contributed by atoms with van der Waals surface area (Å²) in [5.74, 6) is -0.983. The SMILES string of the molecule is Cc1ccc(NC(=O)Nc2ccc(C(=O)O)c(C)c2)cc1. The quantitative estimate of drug-likeness (QED) is 0.805. The molecular formula is C16H16N2O3. The molecule has 5 heteroatoms. The van der Waals surface area contributed by atoms with Crippen LogP contribution in [0.3, 0.4) is 0 Å². The van der Waals surface area contributed by atoms with Gasteiger partial charge in [0.15, 0.2) is 0 Å². The molecule has 0 saturated heterocycles. The van der Waals surface area contributed by atoms with E-state index < -0.39 is 5.97 Å². The second-order valence-corrected chi connectivity index (χ2v) is 4.78. The van der Waals surface area contributed by atoms with Crippen LogP contribution in [-0.4, -0.2) is 17.1 Å². The number of carboxylic acid groups (broad SMARTS) is 1. The Bertz CT molecular complexity index is 678. The summed E-state index contributed by atoms with van der Waals surface area (Å²) in [7, 11) is 0. The van der Waals surface area contributed by atoms with E-state index in [2.05, 4.69) is 10.6 Å². The summed E-state index contributed by atoms with van der Waals surface area (Å²) in [6.07, 6.45) is 0. The molecule has 2 amide bonds. The summed E-state index contributed by atoms with van der Waals surface area (Å²) >= 11 is 0. The topological polar surface area (TPSA) is 78.4 Å². The molecule has 0 aromatic heterocycles.